The summed E-state index contributed by atoms with van der Waals surface area (Å²) in [5, 5.41) is 11.6. The summed E-state index contributed by atoms with van der Waals surface area (Å²) >= 11 is 0. The highest BCUT2D eigenvalue weighted by Crippen LogP contribution is 2.34. The fourth-order valence-electron chi connectivity index (χ4n) is 3.22. The fraction of sp³-hybridized carbons (Fsp3) is 0.368. The average molecular weight is 367 g/mol. The predicted octanol–water partition coefficient (Wildman–Crippen LogP) is 2.78. The molecule has 0 amide bonds. The quantitative estimate of drug-likeness (QED) is 0.623. The topological polar surface area (TPSA) is 84.1 Å². The molecule has 0 aliphatic heterocycles. The van der Waals surface area contributed by atoms with Gasteiger partial charge in [-0.1, -0.05) is 0 Å². The van der Waals surface area contributed by atoms with Crippen LogP contribution in [0.25, 0.3) is 5.69 Å². The van der Waals surface area contributed by atoms with Crippen LogP contribution in [0.4, 0.5) is 0 Å². The molecule has 0 unspecified atom stereocenters. The Morgan fingerprint density at radius 3 is 2.63 bits per heavy atom. The zero-order valence-electron chi connectivity index (χ0n) is 15.5. The molecule has 1 aliphatic rings. The number of esters is 1. The van der Waals surface area contributed by atoms with E-state index in [-0.39, 0.29) is 12.6 Å². The zero-order valence-corrected chi connectivity index (χ0v) is 15.5. The van der Waals surface area contributed by atoms with Crippen LogP contribution in [0.3, 0.4) is 0 Å². The Balaban J connectivity index is 1.53. The van der Waals surface area contributed by atoms with E-state index in [9.17, 15) is 4.79 Å². The Kier molecular flexibility index (Phi) is 4.39. The van der Waals surface area contributed by atoms with Crippen molar-refractivity contribution in [3.05, 3.63) is 53.1 Å². The lowest BCUT2D eigenvalue weighted by molar-refractivity contribution is 0.0455. The van der Waals surface area contributed by atoms with E-state index in [2.05, 4.69) is 15.5 Å². The molecule has 0 spiro atoms. The van der Waals surface area contributed by atoms with Gasteiger partial charge in [0.2, 0.25) is 0 Å². The SMILES string of the molecule is COc1ccc(-n2c(C)cc(C(=O)OCc3nnnn3C3CC3)c2C)cc1. The van der Waals surface area contributed by atoms with Crippen LogP contribution in [0.2, 0.25) is 0 Å². The highest BCUT2D eigenvalue weighted by molar-refractivity contribution is 5.91. The number of carbonyl (C=O) groups is 1. The molecule has 1 fully saturated rings. The maximum atomic E-state index is 12.6. The zero-order chi connectivity index (χ0) is 19.0. The summed E-state index contributed by atoms with van der Waals surface area (Å²) in [6.45, 7) is 3.93. The number of aromatic nitrogens is 5. The van der Waals surface area contributed by atoms with Crippen LogP contribution in [0.15, 0.2) is 30.3 Å². The van der Waals surface area contributed by atoms with E-state index < -0.39 is 0 Å². The molecule has 2 heterocycles. The van der Waals surface area contributed by atoms with Gasteiger partial charge in [-0.15, -0.1) is 5.10 Å². The summed E-state index contributed by atoms with van der Waals surface area (Å²) in [5.41, 5.74) is 3.27. The smallest absolute Gasteiger partial charge is 0.340 e. The Bertz CT molecular complexity index is 970. The number of carbonyl (C=O) groups excluding carboxylic acids is 1. The number of hydrogen-bond donors (Lipinski definition) is 0. The van der Waals surface area contributed by atoms with Crippen molar-refractivity contribution < 1.29 is 14.3 Å². The van der Waals surface area contributed by atoms with Gasteiger partial charge in [-0.05, 0) is 67.4 Å². The van der Waals surface area contributed by atoms with Crippen molar-refractivity contribution in [1.29, 1.82) is 0 Å². The number of benzene rings is 1. The molecule has 0 bridgehead atoms. The van der Waals surface area contributed by atoms with Gasteiger partial charge in [0.1, 0.15) is 5.75 Å². The highest BCUT2D eigenvalue weighted by Gasteiger charge is 2.28. The van der Waals surface area contributed by atoms with Crippen LogP contribution < -0.4 is 4.74 Å². The van der Waals surface area contributed by atoms with Gasteiger partial charge < -0.3 is 14.0 Å². The lowest BCUT2D eigenvalue weighted by atomic mass is 10.2. The van der Waals surface area contributed by atoms with Crippen molar-refractivity contribution >= 4 is 5.97 Å². The van der Waals surface area contributed by atoms with E-state index in [4.69, 9.17) is 9.47 Å². The Hall–Kier alpha value is -3.16. The summed E-state index contributed by atoms with van der Waals surface area (Å²) in [4.78, 5) is 12.6. The lowest BCUT2D eigenvalue weighted by Crippen LogP contribution is -2.11. The van der Waals surface area contributed by atoms with Crippen LogP contribution in [-0.4, -0.2) is 37.9 Å². The molecule has 0 N–H and O–H groups in total. The molecular weight excluding hydrogens is 346 g/mol. The Morgan fingerprint density at radius 1 is 1.22 bits per heavy atom. The number of hydrogen-bond acceptors (Lipinski definition) is 6. The predicted molar refractivity (Wildman–Crippen MR) is 97.0 cm³/mol. The number of tetrazole rings is 1. The molecule has 27 heavy (non-hydrogen) atoms. The molecule has 2 aromatic heterocycles. The molecule has 0 saturated heterocycles. The first-order valence-corrected chi connectivity index (χ1v) is 8.85. The average Bonchev–Trinajstić information content (AvgIpc) is 3.34. The van der Waals surface area contributed by atoms with E-state index in [1.165, 1.54) is 0 Å². The molecule has 1 aromatic carbocycles. The van der Waals surface area contributed by atoms with Crippen molar-refractivity contribution in [2.75, 3.05) is 7.11 Å². The molecule has 4 rings (SSSR count). The first-order valence-electron chi connectivity index (χ1n) is 8.85. The Morgan fingerprint density at radius 2 is 1.96 bits per heavy atom. The molecular formula is C19H21N5O3. The van der Waals surface area contributed by atoms with Crippen molar-refractivity contribution in [2.24, 2.45) is 0 Å². The van der Waals surface area contributed by atoms with Gasteiger partial charge in [-0.25, -0.2) is 9.48 Å². The second-order valence-corrected chi connectivity index (χ2v) is 6.67. The minimum atomic E-state index is -0.381. The van der Waals surface area contributed by atoms with Gasteiger partial charge in [0.25, 0.3) is 0 Å². The lowest BCUT2D eigenvalue weighted by Gasteiger charge is -2.11. The minimum absolute atomic E-state index is 0.0640. The second-order valence-electron chi connectivity index (χ2n) is 6.67. The maximum Gasteiger partial charge on any atom is 0.340 e. The molecule has 3 aromatic rings. The van der Waals surface area contributed by atoms with E-state index >= 15 is 0 Å². The molecule has 8 nitrogen and oxygen atoms in total. The molecule has 0 radical (unpaired) electrons. The summed E-state index contributed by atoms with van der Waals surface area (Å²) in [6.07, 6.45) is 2.13. The highest BCUT2D eigenvalue weighted by atomic mass is 16.5. The Labute approximate surface area is 156 Å². The third kappa shape index (κ3) is 3.30. The standard InChI is InChI=1S/C19H21N5O3/c1-12-10-17(13(2)23(12)14-6-8-16(26-3)9-7-14)19(25)27-11-18-20-21-22-24(18)15-4-5-15/h6-10,15H,4-5,11H2,1-3H3. The first-order chi connectivity index (χ1) is 13.1. The molecule has 8 heteroatoms. The van der Waals surface area contributed by atoms with E-state index in [0.29, 0.717) is 17.4 Å². The molecule has 1 saturated carbocycles. The second kappa shape index (κ2) is 6.86. The monoisotopic (exact) mass is 367 g/mol. The third-order valence-corrected chi connectivity index (χ3v) is 4.77. The van der Waals surface area contributed by atoms with Crippen LogP contribution in [0.1, 0.15) is 46.5 Å². The number of nitrogens with zero attached hydrogens (tertiary/aromatic N) is 5. The fourth-order valence-corrected chi connectivity index (χ4v) is 3.22. The summed E-state index contributed by atoms with van der Waals surface area (Å²) in [7, 11) is 1.63. The molecule has 0 atom stereocenters. The third-order valence-electron chi connectivity index (χ3n) is 4.77. The van der Waals surface area contributed by atoms with Crippen LogP contribution >= 0.6 is 0 Å². The van der Waals surface area contributed by atoms with E-state index in [1.807, 2.05) is 48.7 Å². The van der Waals surface area contributed by atoms with Crippen LogP contribution in [-0.2, 0) is 11.3 Å². The van der Waals surface area contributed by atoms with Gasteiger partial charge in [-0.2, -0.15) is 0 Å². The van der Waals surface area contributed by atoms with Gasteiger partial charge in [0, 0.05) is 17.1 Å². The van der Waals surface area contributed by atoms with Crippen LogP contribution in [0.5, 0.6) is 5.75 Å². The van der Waals surface area contributed by atoms with Gasteiger partial charge in [0.05, 0.1) is 18.7 Å². The van der Waals surface area contributed by atoms with E-state index in [1.54, 1.807) is 11.8 Å². The number of rotatable bonds is 6. The summed E-state index contributed by atoms with van der Waals surface area (Å²) < 4.78 is 14.4. The van der Waals surface area contributed by atoms with Crippen molar-refractivity contribution in [3.8, 4) is 11.4 Å². The van der Waals surface area contributed by atoms with E-state index in [0.717, 1.165) is 35.7 Å². The molecule has 140 valence electrons. The number of ether oxygens (including phenoxy) is 2. The van der Waals surface area contributed by atoms with Gasteiger partial charge in [-0.3, -0.25) is 0 Å². The van der Waals surface area contributed by atoms with Crippen molar-refractivity contribution in [3.63, 3.8) is 0 Å². The van der Waals surface area contributed by atoms with Crippen LogP contribution in [0, 0.1) is 13.8 Å². The van der Waals surface area contributed by atoms with Crippen molar-refractivity contribution in [2.45, 2.75) is 39.3 Å². The minimum Gasteiger partial charge on any atom is -0.497 e. The maximum absolute atomic E-state index is 12.6. The summed E-state index contributed by atoms with van der Waals surface area (Å²) in [5.74, 6) is 0.984. The first kappa shape index (κ1) is 17.3. The number of aryl methyl sites for hydroxylation is 1. The largest absolute Gasteiger partial charge is 0.497 e. The number of methoxy groups -OCH3 is 1. The molecule has 1 aliphatic carbocycles. The normalized spacial score (nSPS) is 13.6. The summed E-state index contributed by atoms with van der Waals surface area (Å²) in [6, 6.07) is 9.88. The van der Waals surface area contributed by atoms with Crippen molar-refractivity contribution in [1.82, 2.24) is 24.8 Å². The van der Waals surface area contributed by atoms with Gasteiger partial charge in [0.15, 0.2) is 12.4 Å². The van der Waals surface area contributed by atoms with Gasteiger partial charge >= 0.3 is 5.97 Å².